The predicted molar refractivity (Wildman–Crippen MR) is 52.9 cm³/mol. The molecule has 0 spiro atoms. The molecule has 0 aliphatic carbocycles. The normalized spacial score (nSPS) is 10.1. The molecule has 0 saturated heterocycles. The van der Waals surface area contributed by atoms with Crippen molar-refractivity contribution >= 4 is 5.97 Å². The minimum absolute atomic E-state index is 0.270. The Hall–Kier alpha value is -1.38. The van der Waals surface area contributed by atoms with Gasteiger partial charge in [0.15, 0.2) is 12.4 Å². The summed E-state index contributed by atoms with van der Waals surface area (Å²) in [5, 5.41) is 8.44. The topological polar surface area (TPSA) is 41.2 Å². The van der Waals surface area contributed by atoms with Crippen molar-refractivity contribution in [2.24, 2.45) is 0 Å². The van der Waals surface area contributed by atoms with E-state index >= 15 is 0 Å². The van der Waals surface area contributed by atoms with E-state index in [2.05, 4.69) is 23.6 Å². The first-order chi connectivity index (χ1) is 6.68. The molecule has 3 nitrogen and oxygen atoms in total. The third-order valence-corrected chi connectivity index (χ3v) is 2.11. The highest BCUT2D eigenvalue weighted by molar-refractivity contribution is 5.66. The van der Waals surface area contributed by atoms with Crippen molar-refractivity contribution < 1.29 is 14.5 Å². The van der Waals surface area contributed by atoms with Crippen molar-refractivity contribution in [2.75, 3.05) is 0 Å². The van der Waals surface area contributed by atoms with Crippen LogP contribution in [0.2, 0.25) is 0 Å². The fourth-order valence-electron chi connectivity index (χ4n) is 1.25. The Bertz CT molecular complexity index is 293. The van der Waals surface area contributed by atoms with E-state index in [9.17, 15) is 4.79 Å². The van der Waals surface area contributed by atoms with E-state index in [1.165, 1.54) is 5.56 Å². The summed E-state index contributed by atoms with van der Waals surface area (Å²) < 4.78 is 2.08. The first-order valence-electron chi connectivity index (χ1n) is 4.86. The van der Waals surface area contributed by atoms with Crippen LogP contribution < -0.4 is 4.57 Å². The van der Waals surface area contributed by atoms with Crippen LogP contribution in [0.5, 0.6) is 0 Å². The number of aromatic nitrogens is 1. The Balaban J connectivity index is 2.25. The molecule has 0 radical (unpaired) electrons. The van der Waals surface area contributed by atoms with Crippen LogP contribution in [0.3, 0.4) is 0 Å². The number of nitrogens with zero attached hydrogens (tertiary/aromatic N) is 1. The average molecular weight is 194 g/mol. The zero-order valence-electron chi connectivity index (χ0n) is 8.44. The number of aryl methyl sites for hydroxylation is 2. The molecule has 0 aliphatic rings. The van der Waals surface area contributed by atoms with Crippen LogP contribution in [0.4, 0.5) is 0 Å². The minimum atomic E-state index is -0.709. The largest absolute Gasteiger partial charge is 0.481 e. The van der Waals surface area contributed by atoms with Gasteiger partial charge in [0.05, 0.1) is 0 Å². The summed E-state index contributed by atoms with van der Waals surface area (Å²) in [6.45, 7) is 2.95. The second kappa shape index (κ2) is 5.37. The van der Waals surface area contributed by atoms with Gasteiger partial charge in [0.25, 0.3) is 0 Å². The lowest BCUT2D eigenvalue weighted by molar-refractivity contribution is -0.697. The van der Waals surface area contributed by atoms with E-state index in [0.29, 0.717) is 0 Å². The number of hydrogen-bond acceptors (Lipinski definition) is 1. The Kier molecular flexibility index (Phi) is 4.11. The summed E-state index contributed by atoms with van der Waals surface area (Å²) in [6, 6.07) is 4.11. The molecular weight excluding hydrogens is 178 g/mol. The van der Waals surface area contributed by atoms with Gasteiger partial charge in [0.2, 0.25) is 0 Å². The van der Waals surface area contributed by atoms with Gasteiger partial charge < -0.3 is 5.11 Å². The minimum Gasteiger partial charge on any atom is -0.481 e. The van der Waals surface area contributed by atoms with Gasteiger partial charge in [-0.15, -0.1) is 0 Å². The Morgan fingerprint density at radius 2 is 2.00 bits per heavy atom. The molecule has 14 heavy (non-hydrogen) atoms. The molecular formula is C11H16NO2+. The van der Waals surface area contributed by atoms with Gasteiger partial charge >= 0.3 is 5.97 Å². The molecule has 0 unspecified atom stereocenters. The van der Waals surface area contributed by atoms with E-state index in [1.54, 1.807) is 0 Å². The molecule has 0 aromatic carbocycles. The quantitative estimate of drug-likeness (QED) is 0.570. The summed E-state index contributed by atoms with van der Waals surface area (Å²) >= 11 is 0. The lowest BCUT2D eigenvalue weighted by Gasteiger charge is -1.96. The van der Waals surface area contributed by atoms with Crippen LogP contribution in [0.1, 0.15) is 24.8 Å². The second-order valence-electron chi connectivity index (χ2n) is 3.46. The molecule has 1 heterocycles. The lowest BCUT2D eigenvalue weighted by Crippen LogP contribution is -2.32. The van der Waals surface area contributed by atoms with Gasteiger partial charge in [-0.2, -0.15) is 0 Å². The standard InChI is InChI=1S/C11H15NO2/c1-10-5-8-12(9-6-10)7-3-2-4-11(13)14/h5-6,8-9H,2-4,7H2,1H3/p+1. The highest BCUT2D eigenvalue weighted by atomic mass is 16.4. The van der Waals surface area contributed by atoms with Gasteiger partial charge in [-0.25, -0.2) is 4.57 Å². The SMILES string of the molecule is Cc1cc[n+](CCCCC(=O)O)cc1. The van der Waals surface area contributed by atoms with E-state index in [4.69, 9.17) is 5.11 Å². The molecule has 0 saturated carbocycles. The third kappa shape index (κ3) is 4.03. The van der Waals surface area contributed by atoms with Gasteiger partial charge in [-0.05, 0) is 18.9 Å². The molecule has 3 heteroatoms. The van der Waals surface area contributed by atoms with Gasteiger partial charge in [-0.1, -0.05) is 0 Å². The fourth-order valence-corrected chi connectivity index (χ4v) is 1.25. The smallest absolute Gasteiger partial charge is 0.303 e. The number of unbranched alkanes of at least 4 members (excludes halogenated alkanes) is 1. The molecule has 1 N–H and O–H groups in total. The Labute approximate surface area is 84.0 Å². The fraction of sp³-hybridized carbons (Fsp3) is 0.455. The highest BCUT2D eigenvalue weighted by Gasteiger charge is 2.01. The van der Waals surface area contributed by atoms with Crippen LogP contribution in [-0.4, -0.2) is 11.1 Å². The van der Waals surface area contributed by atoms with Gasteiger partial charge in [0, 0.05) is 25.0 Å². The van der Waals surface area contributed by atoms with Crippen LogP contribution in [0.15, 0.2) is 24.5 Å². The van der Waals surface area contributed by atoms with Crippen LogP contribution in [-0.2, 0) is 11.3 Å². The molecule has 1 aromatic rings. The predicted octanol–water partition coefficient (Wildman–Crippen LogP) is 1.54. The maximum absolute atomic E-state index is 10.2. The van der Waals surface area contributed by atoms with Crippen molar-refractivity contribution in [3.8, 4) is 0 Å². The van der Waals surface area contributed by atoms with Crippen molar-refractivity contribution in [1.82, 2.24) is 0 Å². The Morgan fingerprint density at radius 1 is 1.36 bits per heavy atom. The van der Waals surface area contributed by atoms with E-state index in [1.807, 2.05) is 12.4 Å². The number of carboxylic acid groups (broad SMARTS) is 1. The number of carboxylic acids is 1. The molecule has 0 bridgehead atoms. The molecule has 1 rings (SSSR count). The maximum Gasteiger partial charge on any atom is 0.303 e. The first kappa shape index (κ1) is 10.7. The number of rotatable bonds is 5. The van der Waals surface area contributed by atoms with Gasteiger partial charge in [0.1, 0.15) is 6.54 Å². The zero-order chi connectivity index (χ0) is 10.4. The maximum atomic E-state index is 10.2. The monoisotopic (exact) mass is 194 g/mol. The van der Waals surface area contributed by atoms with Gasteiger partial charge in [-0.3, -0.25) is 4.79 Å². The molecule has 76 valence electrons. The zero-order valence-corrected chi connectivity index (χ0v) is 8.44. The van der Waals surface area contributed by atoms with Crippen molar-refractivity contribution in [1.29, 1.82) is 0 Å². The lowest BCUT2D eigenvalue weighted by atomic mass is 10.2. The van der Waals surface area contributed by atoms with Crippen molar-refractivity contribution in [3.05, 3.63) is 30.1 Å². The van der Waals surface area contributed by atoms with E-state index < -0.39 is 5.97 Å². The number of hydrogen-bond donors (Lipinski definition) is 1. The summed E-state index contributed by atoms with van der Waals surface area (Å²) in [7, 11) is 0. The number of carbonyl (C=O) groups is 1. The summed E-state index contributed by atoms with van der Waals surface area (Å²) in [5.41, 5.74) is 1.24. The first-order valence-corrected chi connectivity index (χ1v) is 4.86. The van der Waals surface area contributed by atoms with Crippen LogP contribution in [0.25, 0.3) is 0 Å². The molecule has 0 amide bonds. The van der Waals surface area contributed by atoms with Crippen LogP contribution in [0, 0.1) is 6.92 Å². The summed E-state index contributed by atoms with van der Waals surface area (Å²) in [4.78, 5) is 10.2. The number of pyridine rings is 1. The van der Waals surface area contributed by atoms with E-state index in [-0.39, 0.29) is 6.42 Å². The van der Waals surface area contributed by atoms with Crippen molar-refractivity contribution in [3.63, 3.8) is 0 Å². The third-order valence-electron chi connectivity index (χ3n) is 2.11. The Morgan fingerprint density at radius 3 is 2.57 bits per heavy atom. The van der Waals surface area contributed by atoms with Crippen molar-refractivity contribution in [2.45, 2.75) is 32.7 Å². The molecule has 0 atom stereocenters. The number of aliphatic carboxylic acids is 1. The average Bonchev–Trinajstić information content (AvgIpc) is 2.15. The van der Waals surface area contributed by atoms with Crippen LogP contribution >= 0.6 is 0 Å². The second-order valence-corrected chi connectivity index (χ2v) is 3.46. The summed E-state index contributed by atoms with van der Waals surface area (Å²) in [6.07, 6.45) is 5.98. The molecule has 1 aromatic heterocycles. The summed E-state index contributed by atoms with van der Waals surface area (Å²) in [5.74, 6) is -0.709. The molecule has 0 fully saturated rings. The highest BCUT2D eigenvalue weighted by Crippen LogP contribution is 1.96. The van der Waals surface area contributed by atoms with E-state index in [0.717, 1.165) is 19.4 Å². The molecule has 0 aliphatic heterocycles.